The van der Waals surface area contributed by atoms with E-state index in [4.69, 9.17) is 14.5 Å². The normalized spacial score (nSPS) is 20.4. The third-order valence-electron chi connectivity index (χ3n) is 7.88. The van der Waals surface area contributed by atoms with Crippen molar-refractivity contribution in [1.29, 1.82) is 0 Å². The molecule has 2 aliphatic rings. The van der Waals surface area contributed by atoms with Crippen molar-refractivity contribution in [3.05, 3.63) is 63.4 Å². The average molecular weight is 590 g/mol. The van der Waals surface area contributed by atoms with E-state index in [1.807, 2.05) is 85.7 Å². The van der Waals surface area contributed by atoms with Crippen LogP contribution in [0.3, 0.4) is 0 Å². The molecule has 5 rings (SSSR count). The van der Waals surface area contributed by atoms with Crippen LogP contribution < -0.4 is 21.1 Å². The lowest BCUT2D eigenvalue weighted by molar-refractivity contribution is 0.00703. The van der Waals surface area contributed by atoms with E-state index in [1.54, 1.807) is 17.7 Å². The zero-order valence-electron chi connectivity index (χ0n) is 26.6. The van der Waals surface area contributed by atoms with Crippen LogP contribution in [0, 0.1) is 18.8 Å². The molecule has 3 aromatic rings. The lowest BCUT2D eigenvalue weighted by Crippen LogP contribution is -2.39. The number of ether oxygens (including phenoxy) is 2. The summed E-state index contributed by atoms with van der Waals surface area (Å²) < 4.78 is 12.7. The van der Waals surface area contributed by atoms with E-state index in [0.717, 1.165) is 11.1 Å². The Bertz CT molecular complexity index is 1620. The second kappa shape index (κ2) is 10.9. The number of esters is 1. The molecule has 0 radical (unpaired) electrons. The number of para-hydroxylation sites is 1. The van der Waals surface area contributed by atoms with Crippen LogP contribution in [0.2, 0.25) is 0 Å². The largest absolute Gasteiger partial charge is 0.456 e. The van der Waals surface area contributed by atoms with Gasteiger partial charge in [0.1, 0.15) is 11.2 Å². The molecular formula is C33H43N5O5. The minimum Gasteiger partial charge on any atom is -0.456 e. The highest BCUT2D eigenvalue weighted by Gasteiger charge is 2.57. The van der Waals surface area contributed by atoms with Crippen LogP contribution in [0.25, 0.3) is 10.9 Å². The number of hydrogen-bond donors (Lipinski definition) is 2. The second-order valence-corrected chi connectivity index (χ2v) is 13.8. The molecular weight excluding hydrogens is 546 g/mol. The Kier molecular flexibility index (Phi) is 7.69. The van der Waals surface area contributed by atoms with Gasteiger partial charge in [0.2, 0.25) is 5.95 Å². The van der Waals surface area contributed by atoms with Gasteiger partial charge in [0.15, 0.2) is 0 Å². The molecule has 10 heteroatoms. The number of piperidine rings is 1. The fourth-order valence-electron chi connectivity index (χ4n) is 5.93. The number of benzene rings is 2. The topological polar surface area (TPSA) is 115 Å². The van der Waals surface area contributed by atoms with Crippen molar-refractivity contribution >= 4 is 34.6 Å². The number of amides is 1. The molecule has 2 N–H and O–H groups in total. The van der Waals surface area contributed by atoms with Gasteiger partial charge in [-0.3, -0.25) is 9.36 Å². The van der Waals surface area contributed by atoms with Crippen LogP contribution in [0.1, 0.15) is 76.0 Å². The third kappa shape index (κ3) is 6.48. The summed E-state index contributed by atoms with van der Waals surface area (Å²) in [5.41, 5.74) is 2.24. The summed E-state index contributed by atoms with van der Waals surface area (Å²) in [7, 11) is 1.76. The molecule has 2 fully saturated rings. The number of carbonyl (C=O) groups excluding carboxylic acids is 2. The highest BCUT2D eigenvalue weighted by atomic mass is 16.6. The Morgan fingerprint density at radius 2 is 1.63 bits per heavy atom. The number of aromatic nitrogens is 2. The highest BCUT2D eigenvalue weighted by Crippen LogP contribution is 2.46. The van der Waals surface area contributed by atoms with Crippen molar-refractivity contribution in [3.63, 3.8) is 0 Å². The third-order valence-corrected chi connectivity index (χ3v) is 7.88. The number of hydrogen-bond acceptors (Lipinski definition) is 8. The van der Waals surface area contributed by atoms with E-state index in [0.29, 0.717) is 41.2 Å². The number of aryl methyl sites for hydroxylation is 1. The van der Waals surface area contributed by atoms with Crippen molar-refractivity contribution in [1.82, 2.24) is 14.9 Å². The molecule has 1 aliphatic heterocycles. The SMILES string of the molecule is Cc1cc(C(C)Nc2ccccc2C(=O)OC(C)(C)C)c2nc(N3C[C@@H]4C(NC(=O)OC(C)(C)C)[C@@H]4C3)n(C)c(=O)c2c1. The molecule has 0 spiro atoms. The minimum absolute atomic E-state index is 0.0658. The Labute approximate surface area is 252 Å². The van der Waals surface area contributed by atoms with Crippen molar-refractivity contribution in [2.75, 3.05) is 23.3 Å². The summed E-state index contributed by atoms with van der Waals surface area (Å²) in [6.45, 7) is 16.4. The van der Waals surface area contributed by atoms with Gasteiger partial charge < -0.3 is 25.0 Å². The fraction of sp³-hybridized carbons (Fsp3) is 0.515. The van der Waals surface area contributed by atoms with Crippen LogP contribution in [-0.4, -0.2) is 51.9 Å². The van der Waals surface area contributed by atoms with Gasteiger partial charge in [-0.1, -0.05) is 18.2 Å². The number of rotatable bonds is 6. The molecule has 4 atom stereocenters. The summed E-state index contributed by atoms with van der Waals surface area (Å²) in [6, 6.07) is 11.0. The zero-order valence-corrected chi connectivity index (χ0v) is 26.6. The van der Waals surface area contributed by atoms with Crippen LogP contribution >= 0.6 is 0 Å². The van der Waals surface area contributed by atoms with Gasteiger partial charge in [0.05, 0.1) is 22.5 Å². The molecule has 0 bridgehead atoms. The first-order valence-electron chi connectivity index (χ1n) is 14.9. The van der Waals surface area contributed by atoms with Crippen LogP contribution in [-0.2, 0) is 16.5 Å². The average Bonchev–Trinajstić information content (AvgIpc) is 3.30. The van der Waals surface area contributed by atoms with E-state index in [2.05, 4.69) is 15.5 Å². The molecule has 1 aromatic heterocycles. The van der Waals surface area contributed by atoms with E-state index in [1.165, 1.54) is 0 Å². The van der Waals surface area contributed by atoms with Crippen molar-refractivity contribution in [3.8, 4) is 0 Å². The molecule has 1 saturated carbocycles. The van der Waals surface area contributed by atoms with Gasteiger partial charge >= 0.3 is 12.1 Å². The van der Waals surface area contributed by atoms with Gasteiger partial charge in [0, 0.05) is 49.3 Å². The lowest BCUT2D eigenvalue weighted by atomic mass is 10.0. The molecule has 2 unspecified atom stereocenters. The van der Waals surface area contributed by atoms with Crippen LogP contribution in [0.4, 0.5) is 16.4 Å². The van der Waals surface area contributed by atoms with E-state index in [-0.39, 0.29) is 29.5 Å². The maximum atomic E-state index is 13.6. The Morgan fingerprint density at radius 1 is 1.00 bits per heavy atom. The summed E-state index contributed by atoms with van der Waals surface area (Å²) in [6.07, 6.45) is -0.399. The summed E-state index contributed by atoms with van der Waals surface area (Å²) in [5, 5.41) is 7.02. The van der Waals surface area contributed by atoms with Gasteiger partial charge in [-0.15, -0.1) is 0 Å². The first kappa shape index (κ1) is 30.4. The van der Waals surface area contributed by atoms with E-state index in [9.17, 15) is 14.4 Å². The maximum absolute atomic E-state index is 13.6. The van der Waals surface area contributed by atoms with E-state index >= 15 is 0 Å². The number of nitrogens with one attached hydrogen (secondary N) is 2. The number of fused-ring (bicyclic) bond motifs is 2. The highest BCUT2D eigenvalue weighted by molar-refractivity contribution is 5.96. The molecule has 10 nitrogen and oxygen atoms in total. The first-order valence-corrected chi connectivity index (χ1v) is 14.9. The Hall–Kier alpha value is -4.08. The molecule has 230 valence electrons. The predicted octanol–water partition coefficient (Wildman–Crippen LogP) is 5.33. The van der Waals surface area contributed by atoms with Crippen molar-refractivity contribution < 1.29 is 19.1 Å². The molecule has 43 heavy (non-hydrogen) atoms. The summed E-state index contributed by atoms with van der Waals surface area (Å²) >= 11 is 0. The summed E-state index contributed by atoms with van der Waals surface area (Å²) in [5.74, 6) is 0.760. The van der Waals surface area contributed by atoms with Crippen LogP contribution in [0.5, 0.6) is 0 Å². The summed E-state index contributed by atoms with van der Waals surface area (Å²) in [4.78, 5) is 46.1. The van der Waals surface area contributed by atoms with E-state index < -0.39 is 23.3 Å². The van der Waals surface area contributed by atoms with Crippen molar-refractivity contribution in [2.45, 2.75) is 78.7 Å². The van der Waals surface area contributed by atoms with Gasteiger partial charge in [-0.25, -0.2) is 14.6 Å². The maximum Gasteiger partial charge on any atom is 0.407 e. The van der Waals surface area contributed by atoms with Gasteiger partial charge in [-0.05, 0) is 79.2 Å². The molecule has 1 amide bonds. The smallest absolute Gasteiger partial charge is 0.407 e. The lowest BCUT2D eigenvalue weighted by Gasteiger charge is -2.26. The predicted molar refractivity (Wildman–Crippen MR) is 168 cm³/mol. The second-order valence-electron chi connectivity index (χ2n) is 13.8. The number of anilines is 2. The number of carbonyl (C=O) groups is 2. The fourth-order valence-corrected chi connectivity index (χ4v) is 5.93. The molecule has 1 saturated heterocycles. The molecule has 2 aromatic carbocycles. The minimum atomic E-state index is -0.620. The zero-order chi connectivity index (χ0) is 31.4. The van der Waals surface area contributed by atoms with Gasteiger partial charge in [0.25, 0.3) is 5.56 Å². The Morgan fingerprint density at radius 3 is 2.26 bits per heavy atom. The molecule has 2 heterocycles. The van der Waals surface area contributed by atoms with Crippen LogP contribution in [0.15, 0.2) is 41.2 Å². The van der Waals surface area contributed by atoms with Crippen molar-refractivity contribution in [2.24, 2.45) is 18.9 Å². The number of alkyl carbamates (subject to hydrolysis) is 1. The quantitative estimate of drug-likeness (QED) is 0.371. The number of nitrogens with zero attached hydrogens (tertiary/aromatic N) is 3. The molecule has 1 aliphatic carbocycles. The van der Waals surface area contributed by atoms with Gasteiger partial charge in [-0.2, -0.15) is 0 Å². The Balaban J connectivity index is 1.41. The monoisotopic (exact) mass is 589 g/mol. The first-order chi connectivity index (χ1) is 20.0. The standard InChI is InChI=1S/C33H43N5O5/c1-18-14-21(19(2)34-25-13-11-10-12-20(25)29(40)42-32(3,4)5)26-22(15-18)28(39)37(9)30(35-26)38-16-23-24(17-38)27(23)36-31(41)43-33(6,7)8/h10-15,19,23-24,27,34H,16-17H2,1-9H3,(H,36,41)/t19?,23-,24+,27?.